The molecule has 1 fully saturated rings. The summed E-state index contributed by atoms with van der Waals surface area (Å²) in [4.78, 5) is 14.6. The smallest absolute Gasteiger partial charge is 0.316 e. The van der Waals surface area contributed by atoms with Gasteiger partial charge in [-0.1, -0.05) is 37.3 Å². The molecule has 0 radical (unpaired) electrons. The molecule has 21 heavy (non-hydrogen) atoms. The van der Waals surface area contributed by atoms with Crippen molar-refractivity contribution >= 4 is 5.97 Å². The minimum atomic E-state index is -1.08. The van der Waals surface area contributed by atoms with Crippen LogP contribution in [0.25, 0.3) is 0 Å². The van der Waals surface area contributed by atoms with Gasteiger partial charge in [0.25, 0.3) is 0 Å². The number of hydrogen-bond donors (Lipinski definition) is 1. The quantitative estimate of drug-likeness (QED) is 0.866. The Morgan fingerprint density at radius 3 is 2.57 bits per heavy atom. The summed E-state index contributed by atoms with van der Waals surface area (Å²) in [6, 6.07) is 9.67. The van der Waals surface area contributed by atoms with Crippen molar-refractivity contribution in [3.8, 4) is 0 Å². The van der Waals surface area contributed by atoms with Crippen molar-refractivity contribution in [2.45, 2.75) is 37.8 Å². The maximum Gasteiger partial charge on any atom is 0.316 e. The van der Waals surface area contributed by atoms with E-state index in [0.717, 1.165) is 12.1 Å². The number of likely N-dealkylation sites (tertiary alicyclic amines) is 1. The molecule has 116 valence electrons. The lowest BCUT2D eigenvalue weighted by molar-refractivity contribution is -0.159. The van der Waals surface area contributed by atoms with Gasteiger partial charge in [-0.25, -0.2) is 0 Å². The molecule has 0 spiro atoms. The summed E-state index contributed by atoms with van der Waals surface area (Å²) >= 11 is 0. The number of esters is 1. The van der Waals surface area contributed by atoms with Gasteiger partial charge in [-0.05, 0) is 31.9 Å². The standard InChI is InChI=1S/C17H25NO3/c1-12-11-18(3)13(2)10-17(12,20)15(16(19)21-4)14-8-6-5-7-9-14/h5-9,12-13,15,20H,10-11H2,1-4H3/t12-,13-,15-,17-/m0/s1. The van der Waals surface area contributed by atoms with E-state index in [1.54, 1.807) is 0 Å². The van der Waals surface area contributed by atoms with Crippen LogP contribution in [0, 0.1) is 5.92 Å². The lowest BCUT2D eigenvalue weighted by Gasteiger charge is -2.48. The molecule has 1 heterocycles. The van der Waals surface area contributed by atoms with Crippen LogP contribution in [0.2, 0.25) is 0 Å². The third-order valence-electron chi connectivity index (χ3n) is 4.86. The summed E-state index contributed by atoms with van der Waals surface area (Å²) in [7, 11) is 3.43. The van der Waals surface area contributed by atoms with Crippen molar-refractivity contribution in [2.24, 2.45) is 5.92 Å². The fourth-order valence-electron chi connectivity index (χ4n) is 3.39. The van der Waals surface area contributed by atoms with Crippen LogP contribution in [-0.2, 0) is 9.53 Å². The first-order valence-corrected chi connectivity index (χ1v) is 7.45. The number of piperidine rings is 1. The predicted molar refractivity (Wildman–Crippen MR) is 82.0 cm³/mol. The summed E-state index contributed by atoms with van der Waals surface area (Å²) in [5.41, 5.74) is -0.268. The Morgan fingerprint density at radius 1 is 1.38 bits per heavy atom. The first kappa shape index (κ1) is 16.0. The topological polar surface area (TPSA) is 49.8 Å². The fourth-order valence-corrected chi connectivity index (χ4v) is 3.39. The molecule has 0 unspecified atom stereocenters. The third-order valence-corrected chi connectivity index (χ3v) is 4.86. The summed E-state index contributed by atoms with van der Waals surface area (Å²) in [6.45, 7) is 4.84. The normalized spacial score (nSPS) is 31.7. The van der Waals surface area contributed by atoms with Crippen LogP contribution in [0.4, 0.5) is 0 Å². The van der Waals surface area contributed by atoms with Gasteiger partial charge < -0.3 is 14.7 Å². The zero-order valence-corrected chi connectivity index (χ0v) is 13.2. The second kappa shape index (κ2) is 6.16. The van der Waals surface area contributed by atoms with E-state index >= 15 is 0 Å². The monoisotopic (exact) mass is 291 g/mol. The first-order chi connectivity index (χ1) is 9.90. The Hall–Kier alpha value is -1.39. The van der Waals surface area contributed by atoms with E-state index in [4.69, 9.17) is 4.74 Å². The molecule has 4 nitrogen and oxygen atoms in total. The number of methoxy groups -OCH3 is 1. The molecule has 2 rings (SSSR count). The largest absolute Gasteiger partial charge is 0.468 e. The number of hydrogen-bond acceptors (Lipinski definition) is 4. The van der Waals surface area contributed by atoms with Crippen molar-refractivity contribution in [3.63, 3.8) is 0 Å². The van der Waals surface area contributed by atoms with Crippen molar-refractivity contribution < 1.29 is 14.6 Å². The van der Waals surface area contributed by atoms with Crippen LogP contribution in [0.15, 0.2) is 30.3 Å². The highest BCUT2D eigenvalue weighted by atomic mass is 16.5. The highest BCUT2D eigenvalue weighted by molar-refractivity contribution is 5.79. The summed E-state index contributed by atoms with van der Waals surface area (Å²) < 4.78 is 4.98. The third kappa shape index (κ3) is 2.97. The number of benzene rings is 1. The Balaban J connectivity index is 2.42. The number of carbonyl (C=O) groups excluding carboxylic acids is 1. The molecular weight excluding hydrogens is 266 g/mol. The molecule has 4 heteroatoms. The van der Waals surface area contributed by atoms with E-state index in [2.05, 4.69) is 18.9 Å². The average molecular weight is 291 g/mol. The molecule has 0 bridgehead atoms. The van der Waals surface area contributed by atoms with Gasteiger partial charge in [0.05, 0.1) is 12.7 Å². The Labute approximate surface area is 126 Å². The summed E-state index contributed by atoms with van der Waals surface area (Å²) in [5.74, 6) is -1.02. The maximum absolute atomic E-state index is 12.4. The molecule has 1 saturated heterocycles. The number of aliphatic hydroxyl groups is 1. The Kier molecular flexibility index (Phi) is 4.69. The molecule has 4 atom stereocenters. The molecule has 0 amide bonds. The van der Waals surface area contributed by atoms with Gasteiger partial charge >= 0.3 is 5.97 Å². The van der Waals surface area contributed by atoms with E-state index in [0.29, 0.717) is 6.42 Å². The molecule has 1 N–H and O–H groups in total. The summed E-state index contributed by atoms with van der Waals surface area (Å²) in [6.07, 6.45) is 0.555. The van der Waals surface area contributed by atoms with Crippen molar-refractivity contribution in [1.29, 1.82) is 0 Å². The fraction of sp³-hybridized carbons (Fsp3) is 0.588. The van der Waals surface area contributed by atoms with Gasteiger partial charge in [0, 0.05) is 12.6 Å². The van der Waals surface area contributed by atoms with E-state index in [1.165, 1.54) is 7.11 Å². The molecule has 1 aliphatic rings. The first-order valence-electron chi connectivity index (χ1n) is 7.45. The minimum absolute atomic E-state index is 0.0111. The molecule has 1 aliphatic heterocycles. The van der Waals surface area contributed by atoms with Gasteiger partial charge in [-0.2, -0.15) is 0 Å². The SMILES string of the molecule is COC(=O)[C@H](c1ccccc1)[C@]1(O)C[C@H](C)N(C)C[C@@H]1C. The molecule has 0 saturated carbocycles. The molecule has 1 aromatic rings. The second-order valence-electron chi connectivity index (χ2n) is 6.25. The van der Waals surface area contributed by atoms with Gasteiger partial charge in [0.2, 0.25) is 0 Å². The maximum atomic E-state index is 12.4. The van der Waals surface area contributed by atoms with E-state index in [9.17, 15) is 9.90 Å². The average Bonchev–Trinajstić information content (AvgIpc) is 2.46. The number of rotatable bonds is 3. The van der Waals surface area contributed by atoms with E-state index in [-0.39, 0.29) is 17.9 Å². The van der Waals surface area contributed by atoms with E-state index < -0.39 is 11.5 Å². The zero-order chi connectivity index (χ0) is 15.6. The van der Waals surface area contributed by atoms with E-state index in [1.807, 2.05) is 37.3 Å². The van der Waals surface area contributed by atoms with Crippen LogP contribution in [0.3, 0.4) is 0 Å². The lowest BCUT2D eigenvalue weighted by Crippen LogP contribution is -2.57. The van der Waals surface area contributed by atoms with Crippen molar-refractivity contribution in [3.05, 3.63) is 35.9 Å². The van der Waals surface area contributed by atoms with Crippen molar-refractivity contribution in [1.82, 2.24) is 4.90 Å². The van der Waals surface area contributed by atoms with Crippen LogP contribution >= 0.6 is 0 Å². The Morgan fingerprint density at radius 2 is 2.00 bits per heavy atom. The van der Waals surface area contributed by atoms with Gasteiger partial charge in [-0.3, -0.25) is 4.79 Å². The molecule has 1 aromatic carbocycles. The molecule has 0 aromatic heterocycles. The second-order valence-corrected chi connectivity index (χ2v) is 6.25. The number of carbonyl (C=O) groups is 1. The van der Waals surface area contributed by atoms with Crippen LogP contribution in [0.1, 0.15) is 31.7 Å². The minimum Gasteiger partial charge on any atom is -0.468 e. The van der Waals surface area contributed by atoms with Gasteiger partial charge in [-0.15, -0.1) is 0 Å². The van der Waals surface area contributed by atoms with Crippen LogP contribution < -0.4 is 0 Å². The zero-order valence-electron chi connectivity index (χ0n) is 13.2. The van der Waals surface area contributed by atoms with Crippen LogP contribution in [-0.4, -0.2) is 48.3 Å². The predicted octanol–water partition coefficient (Wildman–Crippen LogP) is 2.03. The number of ether oxygens (including phenoxy) is 1. The van der Waals surface area contributed by atoms with Gasteiger partial charge in [0.15, 0.2) is 0 Å². The van der Waals surface area contributed by atoms with Crippen LogP contribution in [0.5, 0.6) is 0 Å². The van der Waals surface area contributed by atoms with Crippen molar-refractivity contribution in [2.75, 3.05) is 20.7 Å². The highest BCUT2D eigenvalue weighted by Gasteiger charge is 2.50. The molecule has 0 aliphatic carbocycles. The molecular formula is C17H25NO3. The van der Waals surface area contributed by atoms with Gasteiger partial charge in [0.1, 0.15) is 5.92 Å². The summed E-state index contributed by atoms with van der Waals surface area (Å²) in [5, 5.41) is 11.3. The lowest BCUT2D eigenvalue weighted by atomic mass is 9.68. The Bertz CT molecular complexity index is 490. The number of nitrogens with zero attached hydrogens (tertiary/aromatic N) is 1. The highest BCUT2D eigenvalue weighted by Crippen LogP contribution is 2.42.